The summed E-state index contributed by atoms with van der Waals surface area (Å²) in [5, 5.41) is 7.13. The minimum absolute atomic E-state index is 0.120. The molecule has 4 aliphatic heterocycles. The number of aromatic nitrogens is 2. The molecule has 0 spiro atoms. The highest BCUT2D eigenvalue weighted by Gasteiger charge is 2.31. The first kappa shape index (κ1) is 23.0. The van der Waals surface area contributed by atoms with E-state index in [-0.39, 0.29) is 6.10 Å². The Hall–Kier alpha value is -2.42. The van der Waals surface area contributed by atoms with Crippen molar-refractivity contribution in [2.24, 2.45) is 0 Å². The van der Waals surface area contributed by atoms with Crippen LogP contribution in [0.3, 0.4) is 0 Å². The quantitative estimate of drug-likeness (QED) is 0.691. The molecule has 6 rings (SSSR count). The molecule has 1 atom stereocenters. The van der Waals surface area contributed by atoms with E-state index in [9.17, 15) is 0 Å². The molecule has 3 fully saturated rings. The van der Waals surface area contributed by atoms with Crippen molar-refractivity contribution >= 4 is 17.2 Å². The van der Waals surface area contributed by atoms with E-state index in [4.69, 9.17) is 19.4 Å². The maximum absolute atomic E-state index is 6.55. The van der Waals surface area contributed by atoms with Gasteiger partial charge in [0.15, 0.2) is 5.75 Å². The van der Waals surface area contributed by atoms with Crippen LogP contribution in [0.1, 0.15) is 61.6 Å². The number of hydrogen-bond acceptors (Lipinski definition) is 8. The molecule has 2 N–H and O–H groups in total. The lowest BCUT2D eigenvalue weighted by Crippen LogP contribution is -2.46. The van der Waals surface area contributed by atoms with E-state index in [2.05, 4.69) is 46.4 Å². The highest BCUT2D eigenvalue weighted by Crippen LogP contribution is 2.44. The zero-order valence-corrected chi connectivity index (χ0v) is 21.1. The topological polar surface area (TPSA) is 74.8 Å². The molecule has 6 heterocycles. The van der Waals surface area contributed by atoms with Crippen LogP contribution >= 0.6 is 0 Å². The molecular weight excluding hydrogens is 440 g/mol. The predicted molar refractivity (Wildman–Crippen MR) is 138 cm³/mol. The van der Waals surface area contributed by atoms with Gasteiger partial charge >= 0.3 is 0 Å². The average molecular weight is 479 g/mol. The monoisotopic (exact) mass is 478 g/mol. The van der Waals surface area contributed by atoms with Crippen molar-refractivity contribution in [1.29, 1.82) is 0 Å². The number of aryl methyl sites for hydroxylation is 1. The van der Waals surface area contributed by atoms with Crippen LogP contribution in [0.5, 0.6) is 5.75 Å². The molecule has 35 heavy (non-hydrogen) atoms. The van der Waals surface area contributed by atoms with Gasteiger partial charge in [-0.3, -0.25) is 4.98 Å². The second-order valence-electron chi connectivity index (χ2n) is 10.4. The number of ether oxygens (including phenoxy) is 2. The van der Waals surface area contributed by atoms with Crippen LogP contribution in [0.2, 0.25) is 0 Å². The van der Waals surface area contributed by atoms with Crippen LogP contribution in [-0.4, -0.2) is 73.4 Å². The third-order valence-corrected chi connectivity index (χ3v) is 8.21. The number of nitrogens with one attached hydrogen (secondary N) is 2. The number of piperidine rings is 2. The highest BCUT2D eigenvalue weighted by molar-refractivity contribution is 5.74. The number of likely N-dealkylation sites (tertiary alicyclic amines) is 1. The molecule has 0 bridgehead atoms. The molecule has 8 nitrogen and oxygen atoms in total. The third kappa shape index (κ3) is 4.59. The minimum Gasteiger partial charge on any atom is -0.482 e. The molecule has 2 aromatic heterocycles. The first-order valence-corrected chi connectivity index (χ1v) is 13.4. The number of anilines is 3. The van der Waals surface area contributed by atoms with Crippen LogP contribution in [-0.2, 0) is 4.74 Å². The molecule has 0 saturated carbocycles. The van der Waals surface area contributed by atoms with Crippen LogP contribution in [0.4, 0.5) is 17.2 Å². The number of hydrogen-bond donors (Lipinski definition) is 2. The lowest BCUT2D eigenvalue weighted by Gasteiger charge is -2.39. The van der Waals surface area contributed by atoms with Crippen molar-refractivity contribution in [3.8, 4) is 5.75 Å². The third-order valence-electron chi connectivity index (χ3n) is 8.21. The zero-order chi connectivity index (χ0) is 23.8. The molecule has 8 heteroatoms. The molecule has 0 aromatic carbocycles. The summed E-state index contributed by atoms with van der Waals surface area (Å²) < 4.78 is 12.1. The molecule has 0 radical (unpaired) electrons. The summed E-state index contributed by atoms with van der Waals surface area (Å²) in [6.07, 6.45) is 6.67. The summed E-state index contributed by atoms with van der Waals surface area (Å²) in [4.78, 5) is 14.9. The van der Waals surface area contributed by atoms with E-state index in [1.807, 2.05) is 6.20 Å². The van der Waals surface area contributed by atoms with Gasteiger partial charge in [0, 0.05) is 42.6 Å². The first-order chi connectivity index (χ1) is 17.2. The zero-order valence-electron chi connectivity index (χ0n) is 21.1. The van der Waals surface area contributed by atoms with E-state index < -0.39 is 0 Å². The molecular formula is C27H38N6O2. The summed E-state index contributed by atoms with van der Waals surface area (Å²) in [5.74, 6) is 2.23. The number of fused-ring (bicyclic) bond motifs is 2. The fourth-order valence-electron chi connectivity index (χ4n) is 6.27. The smallest absolute Gasteiger partial charge is 0.164 e. The average Bonchev–Trinajstić information content (AvgIpc) is 3.06. The lowest BCUT2D eigenvalue weighted by atomic mass is 9.90. The second kappa shape index (κ2) is 9.91. The summed E-state index contributed by atoms with van der Waals surface area (Å²) >= 11 is 0. The van der Waals surface area contributed by atoms with Crippen molar-refractivity contribution < 1.29 is 9.47 Å². The van der Waals surface area contributed by atoms with E-state index in [0.29, 0.717) is 5.92 Å². The van der Waals surface area contributed by atoms with Gasteiger partial charge in [-0.15, -0.1) is 0 Å². The standard InChI is InChI=1S/C27H38N6O2/c1-18-26-23(17-22(30-18)20-6-11-32(12-7-20)21-3-8-28-9-4-21)31-27-25(19(2)35-26)24(5-10-29-27)33-13-15-34-16-14-33/h5,10,17,19-21,28H,3-4,6-9,11-16H2,1-2H3,(H,29,31)/t19-/m0/s1. The van der Waals surface area contributed by atoms with Gasteiger partial charge in [-0.05, 0) is 77.8 Å². The van der Waals surface area contributed by atoms with Gasteiger partial charge in [0.25, 0.3) is 0 Å². The summed E-state index contributed by atoms with van der Waals surface area (Å²) in [5.41, 5.74) is 5.43. The Morgan fingerprint density at radius 1 is 1.03 bits per heavy atom. The van der Waals surface area contributed by atoms with E-state index in [1.54, 1.807) is 0 Å². The van der Waals surface area contributed by atoms with Crippen molar-refractivity contribution in [3.63, 3.8) is 0 Å². The molecule has 0 amide bonds. The number of nitrogens with zero attached hydrogens (tertiary/aromatic N) is 4. The van der Waals surface area contributed by atoms with Gasteiger partial charge in [0.2, 0.25) is 0 Å². The maximum Gasteiger partial charge on any atom is 0.164 e. The predicted octanol–water partition coefficient (Wildman–Crippen LogP) is 3.75. The second-order valence-corrected chi connectivity index (χ2v) is 10.4. The highest BCUT2D eigenvalue weighted by atomic mass is 16.5. The van der Waals surface area contributed by atoms with E-state index >= 15 is 0 Å². The van der Waals surface area contributed by atoms with Crippen molar-refractivity contribution in [2.45, 2.75) is 57.6 Å². The van der Waals surface area contributed by atoms with Crippen molar-refractivity contribution in [2.75, 3.05) is 62.7 Å². The molecule has 3 saturated heterocycles. The molecule has 0 unspecified atom stereocenters. The fourth-order valence-corrected chi connectivity index (χ4v) is 6.27. The number of pyridine rings is 2. The summed E-state index contributed by atoms with van der Waals surface area (Å²) in [6.45, 7) is 12.1. The van der Waals surface area contributed by atoms with Crippen LogP contribution in [0, 0.1) is 6.92 Å². The number of morpholine rings is 1. The molecule has 4 aliphatic rings. The van der Waals surface area contributed by atoms with Crippen LogP contribution in [0.25, 0.3) is 0 Å². The van der Waals surface area contributed by atoms with Crippen LogP contribution in [0.15, 0.2) is 18.3 Å². The van der Waals surface area contributed by atoms with Gasteiger partial charge < -0.3 is 29.9 Å². The van der Waals surface area contributed by atoms with Gasteiger partial charge in [-0.1, -0.05) is 0 Å². The fraction of sp³-hybridized carbons (Fsp3) is 0.630. The van der Waals surface area contributed by atoms with Crippen LogP contribution < -0.4 is 20.3 Å². The Morgan fingerprint density at radius 3 is 2.57 bits per heavy atom. The van der Waals surface area contributed by atoms with Crippen molar-refractivity contribution in [3.05, 3.63) is 35.3 Å². The Morgan fingerprint density at radius 2 is 1.80 bits per heavy atom. The normalized spacial score (nSPS) is 24.2. The van der Waals surface area contributed by atoms with Gasteiger partial charge in [-0.25, -0.2) is 4.98 Å². The molecule has 2 aromatic rings. The Labute approximate surface area is 208 Å². The Bertz CT molecular complexity index is 1040. The largest absolute Gasteiger partial charge is 0.482 e. The summed E-state index contributed by atoms with van der Waals surface area (Å²) in [7, 11) is 0. The lowest BCUT2D eigenvalue weighted by molar-refractivity contribution is 0.122. The minimum atomic E-state index is -0.120. The number of rotatable bonds is 3. The maximum atomic E-state index is 6.55. The van der Waals surface area contributed by atoms with E-state index in [1.165, 1.54) is 50.2 Å². The van der Waals surface area contributed by atoms with Gasteiger partial charge in [-0.2, -0.15) is 0 Å². The Kier molecular flexibility index (Phi) is 6.52. The first-order valence-electron chi connectivity index (χ1n) is 13.4. The molecule has 188 valence electrons. The van der Waals surface area contributed by atoms with E-state index in [0.717, 1.165) is 73.9 Å². The Balaban J connectivity index is 1.24. The SMILES string of the molecule is Cc1nc(C2CCN(C3CCNCC3)CC2)cc2c1O[C@@H](C)c1c(N3CCOCC3)ccnc1N2. The van der Waals surface area contributed by atoms with Crippen molar-refractivity contribution in [1.82, 2.24) is 20.2 Å². The molecule has 0 aliphatic carbocycles. The summed E-state index contributed by atoms with van der Waals surface area (Å²) in [6, 6.07) is 5.07. The van der Waals surface area contributed by atoms with Gasteiger partial charge in [0.1, 0.15) is 11.9 Å². The van der Waals surface area contributed by atoms with Gasteiger partial charge in [0.05, 0.1) is 30.2 Å².